The SMILES string of the molecule is CC1(C)OB(c2cc(F)c(-c3cnn(C4CCCCO4)c3)cc2F)OC1(C)C. The van der Waals surface area contributed by atoms with Crippen molar-refractivity contribution in [1.82, 2.24) is 9.78 Å². The van der Waals surface area contributed by atoms with Gasteiger partial charge in [-0.2, -0.15) is 5.10 Å². The fraction of sp³-hybridized carbons (Fsp3) is 0.550. The van der Waals surface area contributed by atoms with Crippen LogP contribution in [0.15, 0.2) is 24.5 Å². The van der Waals surface area contributed by atoms with Crippen LogP contribution in [0.5, 0.6) is 0 Å². The highest BCUT2D eigenvalue weighted by molar-refractivity contribution is 6.62. The van der Waals surface area contributed by atoms with E-state index in [2.05, 4.69) is 5.10 Å². The molecule has 0 saturated carbocycles. The van der Waals surface area contributed by atoms with E-state index in [-0.39, 0.29) is 17.3 Å². The number of ether oxygens (including phenoxy) is 1. The van der Waals surface area contributed by atoms with Crippen LogP contribution >= 0.6 is 0 Å². The zero-order valence-corrected chi connectivity index (χ0v) is 16.7. The van der Waals surface area contributed by atoms with Crippen LogP contribution in [0.4, 0.5) is 8.78 Å². The van der Waals surface area contributed by atoms with Crippen LogP contribution in [0.3, 0.4) is 0 Å². The summed E-state index contributed by atoms with van der Waals surface area (Å²) in [4.78, 5) is 0. The Kier molecular flexibility index (Phi) is 4.84. The molecule has 2 saturated heterocycles. The summed E-state index contributed by atoms with van der Waals surface area (Å²) in [5.41, 5.74) is -0.533. The molecule has 1 atom stereocenters. The lowest BCUT2D eigenvalue weighted by Gasteiger charge is -2.32. The van der Waals surface area contributed by atoms with E-state index < -0.39 is 30.0 Å². The fourth-order valence-electron chi connectivity index (χ4n) is 3.50. The van der Waals surface area contributed by atoms with Crippen LogP contribution in [0.1, 0.15) is 53.2 Å². The first-order valence-corrected chi connectivity index (χ1v) is 9.69. The quantitative estimate of drug-likeness (QED) is 0.748. The van der Waals surface area contributed by atoms with Crippen LogP contribution in [-0.2, 0) is 14.0 Å². The highest BCUT2D eigenvalue weighted by atomic mass is 19.1. The van der Waals surface area contributed by atoms with Crippen molar-refractivity contribution >= 4 is 12.6 Å². The Bertz CT molecular complexity index is 862. The third kappa shape index (κ3) is 3.38. The van der Waals surface area contributed by atoms with Gasteiger partial charge in [0.25, 0.3) is 0 Å². The Labute approximate surface area is 164 Å². The number of hydrogen-bond acceptors (Lipinski definition) is 4. The molecule has 2 aromatic rings. The Balaban J connectivity index is 1.61. The highest BCUT2D eigenvalue weighted by Crippen LogP contribution is 2.37. The van der Waals surface area contributed by atoms with Crippen molar-refractivity contribution < 1.29 is 22.8 Å². The molecular formula is C20H25BF2N2O3. The number of benzene rings is 1. The van der Waals surface area contributed by atoms with Gasteiger partial charge < -0.3 is 14.0 Å². The third-order valence-electron chi connectivity index (χ3n) is 5.96. The molecule has 8 heteroatoms. The van der Waals surface area contributed by atoms with Gasteiger partial charge in [-0.15, -0.1) is 0 Å². The molecule has 0 bridgehead atoms. The molecule has 4 rings (SSSR count). The van der Waals surface area contributed by atoms with Crippen LogP contribution in [0, 0.1) is 11.6 Å². The lowest BCUT2D eigenvalue weighted by atomic mass is 9.78. The Morgan fingerprint density at radius 3 is 2.43 bits per heavy atom. The van der Waals surface area contributed by atoms with Crippen molar-refractivity contribution in [3.8, 4) is 11.1 Å². The number of hydrogen-bond donors (Lipinski definition) is 0. The molecule has 1 aromatic carbocycles. The monoisotopic (exact) mass is 390 g/mol. The molecule has 2 fully saturated rings. The largest absolute Gasteiger partial charge is 0.497 e. The average molecular weight is 390 g/mol. The van der Waals surface area contributed by atoms with E-state index in [1.54, 1.807) is 10.9 Å². The summed E-state index contributed by atoms with van der Waals surface area (Å²) in [6.45, 7) is 8.18. The zero-order chi connectivity index (χ0) is 20.1. The topological polar surface area (TPSA) is 45.5 Å². The standard InChI is InChI=1S/C20H25BF2N2O3/c1-19(2)20(3,4)28-21(27-19)15-10-16(22)14(9-17(15)23)13-11-24-25(12-13)18-7-5-6-8-26-18/h9-12,18H,5-8H2,1-4H3. The molecule has 0 N–H and O–H groups in total. The minimum Gasteiger partial charge on any atom is -0.399 e. The van der Waals surface area contributed by atoms with E-state index in [1.807, 2.05) is 27.7 Å². The van der Waals surface area contributed by atoms with Crippen LogP contribution in [-0.4, -0.2) is 34.7 Å². The Hall–Kier alpha value is -1.77. The van der Waals surface area contributed by atoms with Gasteiger partial charge in [-0.3, -0.25) is 0 Å². The van der Waals surface area contributed by atoms with Gasteiger partial charge >= 0.3 is 7.12 Å². The van der Waals surface area contributed by atoms with Crippen molar-refractivity contribution in [1.29, 1.82) is 0 Å². The summed E-state index contributed by atoms with van der Waals surface area (Å²) in [7, 11) is -0.952. The van der Waals surface area contributed by atoms with E-state index >= 15 is 0 Å². The number of rotatable bonds is 3. The maximum absolute atomic E-state index is 14.9. The number of halogens is 2. The molecule has 0 spiro atoms. The zero-order valence-electron chi connectivity index (χ0n) is 16.7. The number of aromatic nitrogens is 2. The molecule has 150 valence electrons. The third-order valence-corrected chi connectivity index (χ3v) is 5.96. The van der Waals surface area contributed by atoms with Gasteiger partial charge in [0.05, 0.1) is 17.4 Å². The van der Waals surface area contributed by atoms with Crippen molar-refractivity contribution in [3.63, 3.8) is 0 Å². The summed E-state index contributed by atoms with van der Waals surface area (Å²) in [5, 5.41) is 4.28. The van der Waals surface area contributed by atoms with Gasteiger partial charge in [0.1, 0.15) is 17.9 Å². The second-order valence-electron chi connectivity index (χ2n) is 8.47. The molecule has 1 aromatic heterocycles. The highest BCUT2D eigenvalue weighted by Gasteiger charge is 2.52. The van der Waals surface area contributed by atoms with Crippen molar-refractivity contribution in [2.75, 3.05) is 6.61 Å². The van der Waals surface area contributed by atoms with E-state index in [1.165, 1.54) is 12.3 Å². The maximum Gasteiger partial charge on any atom is 0.497 e. The fourth-order valence-corrected chi connectivity index (χ4v) is 3.50. The normalized spacial score (nSPS) is 23.9. The smallest absolute Gasteiger partial charge is 0.399 e. The molecule has 5 nitrogen and oxygen atoms in total. The van der Waals surface area contributed by atoms with Crippen LogP contribution in [0.2, 0.25) is 0 Å². The van der Waals surface area contributed by atoms with E-state index in [9.17, 15) is 8.78 Å². The first kappa shape index (κ1) is 19.5. The summed E-state index contributed by atoms with van der Waals surface area (Å²) >= 11 is 0. The predicted octanol–water partition coefficient (Wildman–Crippen LogP) is 3.83. The minimum absolute atomic E-state index is 0.0582. The molecular weight excluding hydrogens is 365 g/mol. The first-order chi connectivity index (χ1) is 13.2. The lowest BCUT2D eigenvalue weighted by molar-refractivity contribution is -0.0394. The van der Waals surface area contributed by atoms with E-state index in [4.69, 9.17) is 14.0 Å². The lowest BCUT2D eigenvalue weighted by Crippen LogP contribution is -2.41. The second kappa shape index (κ2) is 6.93. The van der Waals surface area contributed by atoms with Crippen molar-refractivity contribution in [2.45, 2.75) is 64.4 Å². The molecule has 0 aliphatic carbocycles. The Morgan fingerprint density at radius 1 is 1.07 bits per heavy atom. The first-order valence-electron chi connectivity index (χ1n) is 9.69. The predicted molar refractivity (Wildman–Crippen MR) is 102 cm³/mol. The van der Waals surface area contributed by atoms with Crippen molar-refractivity contribution in [3.05, 3.63) is 36.2 Å². The minimum atomic E-state index is -0.952. The summed E-state index contributed by atoms with van der Waals surface area (Å²) in [5.74, 6) is -1.12. The van der Waals surface area contributed by atoms with Gasteiger partial charge in [0.15, 0.2) is 0 Å². The average Bonchev–Trinajstić information content (AvgIpc) is 3.20. The molecule has 0 amide bonds. The van der Waals surface area contributed by atoms with Crippen molar-refractivity contribution in [2.24, 2.45) is 0 Å². The summed E-state index contributed by atoms with van der Waals surface area (Å²) in [6, 6.07) is 2.33. The molecule has 0 radical (unpaired) electrons. The van der Waals surface area contributed by atoms with Gasteiger partial charge in [0, 0.05) is 29.4 Å². The summed E-state index contributed by atoms with van der Waals surface area (Å²) < 4.78 is 48.8. The molecule has 3 heterocycles. The van der Waals surface area contributed by atoms with Crippen LogP contribution < -0.4 is 5.46 Å². The number of nitrogens with zero attached hydrogens (tertiary/aromatic N) is 2. The van der Waals surface area contributed by atoms with Gasteiger partial charge in [-0.05, 0) is 59.1 Å². The van der Waals surface area contributed by atoms with E-state index in [0.29, 0.717) is 12.2 Å². The van der Waals surface area contributed by atoms with Gasteiger partial charge in [0.2, 0.25) is 0 Å². The molecule has 2 aliphatic rings. The summed E-state index contributed by atoms with van der Waals surface area (Å²) in [6.07, 6.45) is 6.03. The van der Waals surface area contributed by atoms with E-state index in [0.717, 1.165) is 25.3 Å². The maximum atomic E-state index is 14.9. The Morgan fingerprint density at radius 2 is 1.79 bits per heavy atom. The second-order valence-corrected chi connectivity index (χ2v) is 8.47. The molecule has 1 unspecified atom stereocenters. The van der Waals surface area contributed by atoms with Crippen LogP contribution in [0.25, 0.3) is 11.1 Å². The molecule has 2 aliphatic heterocycles. The molecule has 28 heavy (non-hydrogen) atoms. The van der Waals surface area contributed by atoms with Gasteiger partial charge in [-0.25, -0.2) is 13.5 Å². The van der Waals surface area contributed by atoms with Gasteiger partial charge in [-0.1, -0.05) is 0 Å².